The fourth-order valence-electron chi connectivity index (χ4n) is 4.65. The molecule has 2 aromatic carbocycles. The van der Waals surface area contributed by atoms with Gasteiger partial charge in [-0.25, -0.2) is 0 Å². The van der Waals surface area contributed by atoms with Crippen LogP contribution in [0.1, 0.15) is 33.3 Å². The third-order valence-corrected chi connectivity index (χ3v) is 6.10. The number of aliphatic imine (C=N–C) groups is 1. The average molecular weight is 371 g/mol. The van der Waals surface area contributed by atoms with Gasteiger partial charge in [-0.3, -0.25) is 9.98 Å². The van der Waals surface area contributed by atoms with Crippen molar-refractivity contribution in [2.45, 2.75) is 38.8 Å². The van der Waals surface area contributed by atoms with Crippen LogP contribution in [0.4, 0.5) is 11.4 Å². The Morgan fingerprint density at radius 1 is 1.07 bits per heavy atom. The molecule has 3 aromatic rings. The minimum atomic E-state index is -0.649. The summed E-state index contributed by atoms with van der Waals surface area (Å²) in [5, 5.41) is 2.15. The van der Waals surface area contributed by atoms with E-state index in [0.717, 1.165) is 28.8 Å². The molecule has 0 aliphatic carbocycles. The monoisotopic (exact) mass is 371 g/mol. The first-order valence-corrected chi connectivity index (χ1v) is 9.92. The maximum atomic E-state index is 6.85. The predicted octanol–water partition coefficient (Wildman–Crippen LogP) is 5.48. The number of ether oxygens (including phenoxy) is 1. The summed E-state index contributed by atoms with van der Waals surface area (Å²) in [5.41, 5.74) is 2.51. The van der Waals surface area contributed by atoms with Crippen molar-refractivity contribution in [1.82, 2.24) is 4.98 Å². The standard InChI is InChI=1S/C24H25N3O/c1-16(2)14-27-20-8-6-5-7-19(20)23(3,4)24(27)15-26-22-18-13-25-12-11-17(18)9-10-21(22)28-24/h5-13,15-16H,14H2,1-4H3. The molecule has 0 saturated carbocycles. The second kappa shape index (κ2) is 5.81. The number of hydrogen-bond donors (Lipinski definition) is 0. The predicted molar refractivity (Wildman–Crippen MR) is 115 cm³/mol. The molecule has 28 heavy (non-hydrogen) atoms. The zero-order valence-corrected chi connectivity index (χ0v) is 16.8. The number of para-hydroxylation sites is 1. The fraction of sp³-hybridized carbons (Fsp3) is 0.333. The van der Waals surface area contributed by atoms with Gasteiger partial charge in [-0.05, 0) is 48.9 Å². The molecule has 1 spiro atoms. The van der Waals surface area contributed by atoms with Crippen molar-refractivity contribution >= 4 is 28.4 Å². The number of rotatable bonds is 2. The molecule has 1 atom stereocenters. The molecule has 5 rings (SSSR count). The van der Waals surface area contributed by atoms with Crippen LogP contribution in [0, 0.1) is 5.92 Å². The van der Waals surface area contributed by atoms with Crippen molar-refractivity contribution in [3.63, 3.8) is 0 Å². The Bertz CT molecular complexity index is 1100. The third kappa shape index (κ3) is 2.17. The van der Waals surface area contributed by atoms with Crippen molar-refractivity contribution in [3.8, 4) is 5.75 Å². The van der Waals surface area contributed by atoms with E-state index in [0.29, 0.717) is 5.92 Å². The van der Waals surface area contributed by atoms with Gasteiger partial charge < -0.3 is 9.64 Å². The number of nitrogens with zero attached hydrogens (tertiary/aromatic N) is 3. The van der Waals surface area contributed by atoms with Gasteiger partial charge in [0.15, 0.2) is 0 Å². The summed E-state index contributed by atoms with van der Waals surface area (Å²) < 4.78 is 6.85. The van der Waals surface area contributed by atoms with Gasteiger partial charge in [0.2, 0.25) is 5.72 Å². The van der Waals surface area contributed by atoms with Crippen LogP contribution in [-0.2, 0) is 5.41 Å². The Labute approximate surface area is 165 Å². The second-order valence-corrected chi connectivity index (χ2v) is 8.71. The molecule has 0 bridgehead atoms. The maximum Gasteiger partial charge on any atom is 0.228 e. The number of aromatic nitrogens is 1. The minimum Gasteiger partial charge on any atom is -0.459 e. The van der Waals surface area contributed by atoms with Gasteiger partial charge >= 0.3 is 0 Å². The van der Waals surface area contributed by atoms with Gasteiger partial charge in [0.25, 0.3) is 0 Å². The molecule has 0 saturated heterocycles. The number of fused-ring (bicyclic) bond motifs is 4. The van der Waals surface area contributed by atoms with Gasteiger partial charge in [-0.2, -0.15) is 0 Å². The van der Waals surface area contributed by atoms with Crippen LogP contribution in [0.5, 0.6) is 5.75 Å². The van der Waals surface area contributed by atoms with Crippen LogP contribution in [-0.4, -0.2) is 23.5 Å². The number of hydrogen-bond acceptors (Lipinski definition) is 4. The van der Waals surface area contributed by atoms with E-state index < -0.39 is 5.72 Å². The SMILES string of the molecule is CC(C)CN1c2ccccc2C(C)(C)C12C=Nc1c(ccc3ccncc13)O2. The molecule has 1 aromatic heterocycles. The molecular formula is C24H25N3O. The van der Waals surface area contributed by atoms with Crippen LogP contribution in [0.15, 0.2) is 59.9 Å². The van der Waals surface area contributed by atoms with Crippen molar-refractivity contribution in [2.75, 3.05) is 11.4 Å². The van der Waals surface area contributed by atoms with E-state index in [1.54, 1.807) is 0 Å². The molecule has 4 nitrogen and oxygen atoms in total. The Morgan fingerprint density at radius 2 is 1.89 bits per heavy atom. The van der Waals surface area contributed by atoms with Crippen molar-refractivity contribution in [3.05, 3.63) is 60.4 Å². The Morgan fingerprint density at radius 3 is 2.71 bits per heavy atom. The highest BCUT2D eigenvalue weighted by Crippen LogP contribution is 2.54. The molecule has 1 unspecified atom stereocenters. The van der Waals surface area contributed by atoms with Gasteiger partial charge in [-0.15, -0.1) is 0 Å². The quantitative estimate of drug-likeness (QED) is 0.599. The molecule has 0 fully saturated rings. The highest BCUT2D eigenvalue weighted by Gasteiger charge is 2.59. The van der Waals surface area contributed by atoms with Crippen LogP contribution >= 0.6 is 0 Å². The summed E-state index contributed by atoms with van der Waals surface area (Å²) in [6, 6.07) is 14.8. The Kier molecular flexibility index (Phi) is 3.57. The first-order valence-electron chi connectivity index (χ1n) is 9.92. The first-order chi connectivity index (χ1) is 13.4. The molecule has 2 aliphatic heterocycles. The van der Waals surface area contributed by atoms with Gasteiger partial charge in [0, 0.05) is 30.0 Å². The van der Waals surface area contributed by atoms with E-state index in [1.165, 1.54) is 11.3 Å². The zero-order chi connectivity index (χ0) is 19.5. The van der Waals surface area contributed by atoms with Crippen LogP contribution in [0.25, 0.3) is 10.8 Å². The lowest BCUT2D eigenvalue weighted by Gasteiger charge is -2.46. The molecular weight excluding hydrogens is 346 g/mol. The summed E-state index contributed by atoms with van der Waals surface area (Å²) in [4.78, 5) is 11.6. The highest BCUT2D eigenvalue weighted by atomic mass is 16.5. The van der Waals surface area contributed by atoms with Crippen LogP contribution in [0.3, 0.4) is 0 Å². The molecule has 3 heterocycles. The first kappa shape index (κ1) is 17.2. The third-order valence-electron chi connectivity index (χ3n) is 6.10. The Balaban J connectivity index is 1.71. The van der Waals surface area contributed by atoms with E-state index >= 15 is 0 Å². The Hall–Kier alpha value is -2.88. The summed E-state index contributed by atoms with van der Waals surface area (Å²) in [5.74, 6) is 1.32. The molecule has 0 radical (unpaired) electrons. The topological polar surface area (TPSA) is 37.7 Å². The van der Waals surface area contributed by atoms with Crippen LogP contribution in [0.2, 0.25) is 0 Å². The highest BCUT2D eigenvalue weighted by molar-refractivity contribution is 5.99. The average Bonchev–Trinajstić information content (AvgIpc) is 2.86. The van der Waals surface area contributed by atoms with E-state index in [-0.39, 0.29) is 5.41 Å². The number of pyridine rings is 1. The van der Waals surface area contributed by atoms with Crippen molar-refractivity contribution in [2.24, 2.45) is 10.9 Å². The number of benzene rings is 2. The molecule has 2 aliphatic rings. The lowest BCUT2D eigenvalue weighted by atomic mass is 9.77. The lowest BCUT2D eigenvalue weighted by Crippen LogP contribution is -2.62. The van der Waals surface area contributed by atoms with Crippen LogP contribution < -0.4 is 9.64 Å². The van der Waals surface area contributed by atoms with Crippen molar-refractivity contribution in [1.29, 1.82) is 0 Å². The summed E-state index contributed by atoms with van der Waals surface area (Å²) in [7, 11) is 0. The minimum absolute atomic E-state index is 0.246. The molecule has 0 amide bonds. The second-order valence-electron chi connectivity index (χ2n) is 8.71. The normalized spacial score (nSPS) is 21.8. The van der Waals surface area contributed by atoms with Gasteiger partial charge in [-0.1, -0.05) is 38.1 Å². The summed E-state index contributed by atoms with van der Waals surface area (Å²) in [6.45, 7) is 9.90. The smallest absolute Gasteiger partial charge is 0.228 e. The van der Waals surface area contributed by atoms with Crippen molar-refractivity contribution < 1.29 is 4.74 Å². The maximum absolute atomic E-state index is 6.85. The van der Waals surface area contributed by atoms with Gasteiger partial charge in [0.1, 0.15) is 11.4 Å². The van der Waals surface area contributed by atoms with E-state index in [9.17, 15) is 0 Å². The summed E-state index contributed by atoms with van der Waals surface area (Å²) in [6.07, 6.45) is 5.70. The van der Waals surface area contributed by atoms with Gasteiger partial charge in [0.05, 0.1) is 11.6 Å². The number of anilines is 1. The lowest BCUT2D eigenvalue weighted by molar-refractivity contribution is 0.0757. The molecule has 0 N–H and O–H groups in total. The van der Waals surface area contributed by atoms with E-state index in [4.69, 9.17) is 9.73 Å². The van der Waals surface area contributed by atoms with E-state index in [1.807, 2.05) is 30.7 Å². The molecule has 4 heteroatoms. The van der Waals surface area contributed by atoms with E-state index in [2.05, 4.69) is 67.9 Å². The summed E-state index contributed by atoms with van der Waals surface area (Å²) >= 11 is 0. The zero-order valence-electron chi connectivity index (χ0n) is 16.8. The molecule has 142 valence electrons. The largest absolute Gasteiger partial charge is 0.459 e. The fourth-order valence-corrected chi connectivity index (χ4v) is 4.65.